The lowest BCUT2D eigenvalue weighted by Crippen LogP contribution is -2.47. The fraction of sp³-hybridized carbons (Fsp3) is 0.522. The van der Waals surface area contributed by atoms with Gasteiger partial charge in [0.25, 0.3) is 5.91 Å². The highest BCUT2D eigenvalue weighted by Crippen LogP contribution is 2.30. The molecule has 3 rings (SSSR count). The number of halogens is 2. The Balaban J connectivity index is 2.05. The lowest BCUT2D eigenvalue weighted by Gasteiger charge is -2.25. The molecule has 0 unspecified atom stereocenters. The van der Waals surface area contributed by atoms with E-state index in [0.29, 0.717) is 36.1 Å². The summed E-state index contributed by atoms with van der Waals surface area (Å²) in [5.41, 5.74) is 0.976. The second-order valence-corrected chi connectivity index (χ2v) is 9.94. The summed E-state index contributed by atoms with van der Waals surface area (Å²) < 4.78 is 16.6. The average Bonchev–Trinajstić information content (AvgIpc) is 2.94. The van der Waals surface area contributed by atoms with Gasteiger partial charge < -0.3 is 20.1 Å². The smallest absolute Gasteiger partial charge is 0.272 e. The Morgan fingerprint density at radius 2 is 2.00 bits per heavy atom. The molecule has 1 aromatic carbocycles. The minimum atomic E-state index is -0.709. The van der Waals surface area contributed by atoms with Gasteiger partial charge in [-0.25, -0.2) is 9.37 Å². The molecule has 2 aromatic rings. The minimum absolute atomic E-state index is 0.176. The van der Waals surface area contributed by atoms with Crippen molar-refractivity contribution in [3.63, 3.8) is 0 Å². The van der Waals surface area contributed by atoms with E-state index in [-0.39, 0.29) is 22.6 Å². The molecule has 1 atom stereocenters. The number of carbonyl (C=O) groups excluding carboxylic acids is 2. The largest absolute Gasteiger partial charge is 0.357 e. The van der Waals surface area contributed by atoms with Crippen LogP contribution < -0.4 is 10.6 Å². The predicted molar refractivity (Wildman–Crippen MR) is 123 cm³/mol. The molecule has 0 saturated carbocycles. The normalized spacial score (nSPS) is 15.6. The molecule has 2 heterocycles. The van der Waals surface area contributed by atoms with Crippen LogP contribution in [0.15, 0.2) is 18.2 Å². The quantitative estimate of drug-likeness (QED) is 0.711. The number of carbonyl (C=O) groups is 2. The maximum absolute atomic E-state index is 14.7. The molecule has 0 bridgehead atoms. The highest BCUT2D eigenvalue weighted by Gasteiger charge is 2.31. The summed E-state index contributed by atoms with van der Waals surface area (Å²) in [5.74, 6) is -0.803. The highest BCUT2D eigenvalue weighted by atomic mass is 35.5. The van der Waals surface area contributed by atoms with E-state index in [4.69, 9.17) is 11.6 Å². The summed E-state index contributed by atoms with van der Waals surface area (Å²) in [6.07, 6.45) is 1.30. The molecular weight excluding hydrogens is 433 g/mol. The first-order chi connectivity index (χ1) is 15.0. The Morgan fingerprint density at radius 3 is 2.66 bits per heavy atom. The number of nitrogens with one attached hydrogen (secondary N) is 2. The first kappa shape index (κ1) is 24.2. The monoisotopic (exact) mass is 463 g/mol. The van der Waals surface area contributed by atoms with Crippen LogP contribution in [-0.4, -0.2) is 52.9 Å². The van der Waals surface area contributed by atoms with E-state index in [9.17, 15) is 14.0 Å². The van der Waals surface area contributed by atoms with Gasteiger partial charge in [0, 0.05) is 25.2 Å². The summed E-state index contributed by atoms with van der Waals surface area (Å²) in [6, 6.07) is 3.59. The summed E-state index contributed by atoms with van der Waals surface area (Å²) in [6.45, 7) is 7.95. The average molecular weight is 464 g/mol. The zero-order valence-electron chi connectivity index (χ0n) is 19.3. The number of fused-ring (bicyclic) bond motifs is 1. The van der Waals surface area contributed by atoms with Gasteiger partial charge in [-0.15, -0.1) is 0 Å². The summed E-state index contributed by atoms with van der Waals surface area (Å²) in [5, 5.41) is 5.86. The number of imidazole rings is 1. The number of benzene rings is 1. The van der Waals surface area contributed by atoms with Crippen LogP contribution >= 0.6 is 11.6 Å². The van der Waals surface area contributed by atoms with Gasteiger partial charge in [0.15, 0.2) is 5.69 Å². The second kappa shape index (κ2) is 9.58. The summed E-state index contributed by atoms with van der Waals surface area (Å²) in [4.78, 5) is 32.4. The molecule has 1 aliphatic heterocycles. The Bertz CT molecular complexity index is 1010. The molecule has 0 aliphatic carbocycles. The SMILES string of the molecule is CNC(=O)[C@H](CC(C)(C)C)NC(=O)c1nc(-c2cc(Cl)ccc2F)n2c1CN(C)CCC2. The van der Waals surface area contributed by atoms with Crippen molar-refractivity contribution < 1.29 is 14.0 Å². The number of aromatic nitrogens is 2. The fourth-order valence-electron chi connectivity index (χ4n) is 4.00. The molecule has 1 aliphatic rings. The van der Waals surface area contributed by atoms with Crippen molar-refractivity contribution in [1.82, 2.24) is 25.1 Å². The van der Waals surface area contributed by atoms with Gasteiger partial charge >= 0.3 is 0 Å². The zero-order valence-corrected chi connectivity index (χ0v) is 20.0. The molecule has 7 nitrogen and oxygen atoms in total. The van der Waals surface area contributed by atoms with Gasteiger partial charge in [-0.1, -0.05) is 32.4 Å². The third kappa shape index (κ3) is 5.48. The van der Waals surface area contributed by atoms with Crippen LogP contribution in [0.2, 0.25) is 5.02 Å². The number of hydrogen-bond acceptors (Lipinski definition) is 4. The Kier molecular flexibility index (Phi) is 7.25. The molecule has 174 valence electrons. The zero-order chi connectivity index (χ0) is 23.6. The van der Waals surface area contributed by atoms with Crippen molar-refractivity contribution in [2.45, 2.75) is 52.7 Å². The van der Waals surface area contributed by atoms with Crippen LogP contribution in [0.3, 0.4) is 0 Å². The maximum atomic E-state index is 14.7. The van der Waals surface area contributed by atoms with E-state index < -0.39 is 17.8 Å². The van der Waals surface area contributed by atoms with E-state index in [1.54, 1.807) is 7.05 Å². The summed E-state index contributed by atoms with van der Waals surface area (Å²) in [7, 11) is 3.51. The van der Waals surface area contributed by atoms with E-state index in [1.807, 2.05) is 32.4 Å². The molecule has 0 saturated heterocycles. The van der Waals surface area contributed by atoms with Crippen molar-refractivity contribution in [2.24, 2.45) is 5.41 Å². The van der Waals surface area contributed by atoms with Gasteiger partial charge in [-0.05, 0) is 50.0 Å². The highest BCUT2D eigenvalue weighted by molar-refractivity contribution is 6.30. The minimum Gasteiger partial charge on any atom is -0.357 e. The molecule has 0 radical (unpaired) electrons. The first-order valence-electron chi connectivity index (χ1n) is 10.8. The third-order valence-electron chi connectivity index (χ3n) is 5.48. The molecule has 32 heavy (non-hydrogen) atoms. The summed E-state index contributed by atoms with van der Waals surface area (Å²) >= 11 is 6.12. The van der Waals surface area contributed by atoms with Gasteiger partial charge in [-0.3, -0.25) is 9.59 Å². The van der Waals surface area contributed by atoms with Crippen LogP contribution in [0.1, 0.15) is 49.8 Å². The number of likely N-dealkylation sites (N-methyl/N-ethyl adjacent to an activating group) is 1. The lowest BCUT2D eigenvalue weighted by molar-refractivity contribution is -0.123. The molecular formula is C23H31ClFN5O2. The van der Waals surface area contributed by atoms with Crippen LogP contribution in [0, 0.1) is 11.2 Å². The number of rotatable bonds is 5. The number of nitrogens with zero attached hydrogens (tertiary/aromatic N) is 3. The van der Waals surface area contributed by atoms with Crippen LogP contribution in [-0.2, 0) is 17.9 Å². The van der Waals surface area contributed by atoms with Crippen LogP contribution in [0.25, 0.3) is 11.4 Å². The molecule has 0 spiro atoms. The van der Waals surface area contributed by atoms with Gasteiger partial charge in [0.05, 0.1) is 11.3 Å². The fourth-order valence-corrected chi connectivity index (χ4v) is 4.17. The van der Waals surface area contributed by atoms with Gasteiger partial charge in [-0.2, -0.15) is 0 Å². The van der Waals surface area contributed by atoms with Crippen LogP contribution in [0.5, 0.6) is 0 Å². The van der Waals surface area contributed by atoms with E-state index in [2.05, 4.69) is 20.5 Å². The second-order valence-electron chi connectivity index (χ2n) is 9.50. The molecule has 9 heteroatoms. The predicted octanol–water partition coefficient (Wildman–Crippen LogP) is 3.46. The van der Waals surface area contributed by atoms with Gasteiger partial charge in [0.1, 0.15) is 17.7 Å². The first-order valence-corrected chi connectivity index (χ1v) is 11.1. The van der Waals surface area contributed by atoms with Crippen molar-refractivity contribution in [2.75, 3.05) is 20.6 Å². The third-order valence-corrected chi connectivity index (χ3v) is 5.72. The van der Waals surface area contributed by atoms with Crippen molar-refractivity contribution in [3.05, 3.63) is 40.4 Å². The standard InChI is InChI=1S/C23H31ClFN5O2/c1-23(2,3)12-17(21(31)26-4)27-22(32)19-18-13-29(5)9-6-10-30(18)20(28-19)15-11-14(24)7-8-16(15)25/h7-8,11,17H,6,9-10,12-13H2,1-5H3,(H,26,31)(H,27,32)/t17-/m0/s1. The number of amides is 2. The Labute approximate surface area is 193 Å². The molecule has 2 N–H and O–H groups in total. The van der Waals surface area contributed by atoms with E-state index in [1.165, 1.54) is 18.2 Å². The Morgan fingerprint density at radius 1 is 1.28 bits per heavy atom. The molecule has 2 amide bonds. The van der Waals surface area contributed by atoms with E-state index in [0.717, 1.165) is 13.0 Å². The molecule has 0 fully saturated rings. The van der Waals surface area contributed by atoms with Crippen molar-refractivity contribution in [3.8, 4) is 11.4 Å². The van der Waals surface area contributed by atoms with Crippen LogP contribution in [0.4, 0.5) is 4.39 Å². The van der Waals surface area contributed by atoms with Crippen molar-refractivity contribution >= 4 is 23.4 Å². The molecule has 1 aromatic heterocycles. The topological polar surface area (TPSA) is 79.3 Å². The maximum Gasteiger partial charge on any atom is 0.272 e. The van der Waals surface area contributed by atoms with E-state index >= 15 is 0 Å². The number of hydrogen-bond donors (Lipinski definition) is 2. The van der Waals surface area contributed by atoms with Gasteiger partial charge in [0.2, 0.25) is 5.91 Å². The Hall–Kier alpha value is -2.45. The van der Waals surface area contributed by atoms with Crippen molar-refractivity contribution in [1.29, 1.82) is 0 Å². The lowest BCUT2D eigenvalue weighted by atomic mass is 9.87.